The molecule has 22 heavy (non-hydrogen) atoms. The van der Waals surface area contributed by atoms with E-state index in [9.17, 15) is 0 Å². The molecule has 0 saturated carbocycles. The molecular formula is C16H38NO4P. The Kier molecular flexibility index (Phi) is 17.6. The van der Waals surface area contributed by atoms with Gasteiger partial charge in [-0.25, -0.2) is 4.57 Å². The van der Waals surface area contributed by atoms with Crippen LogP contribution < -0.4 is 0 Å². The first-order chi connectivity index (χ1) is 10.2. The van der Waals surface area contributed by atoms with Crippen LogP contribution in [-0.4, -0.2) is 39.7 Å². The van der Waals surface area contributed by atoms with E-state index in [2.05, 4.69) is 32.8 Å². The van der Waals surface area contributed by atoms with Crippen molar-refractivity contribution in [3.8, 4) is 0 Å². The lowest BCUT2D eigenvalue weighted by Crippen LogP contribution is -2.27. The van der Waals surface area contributed by atoms with Gasteiger partial charge >= 0.3 is 7.82 Å². The molecule has 0 aliphatic rings. The van der Waals surface area contributed by atoms with E-state index >= 15 is 0 Å². The third kappa shape index (κ3) is 25.0. The summed E-state index contributed by atoms with van der Waals surface area (Å²) in [5.41, 5.74) is 0. The molecule has 136 valence electrons. The van der Waals surface area contributed by atoms with Crippen LogP contribution in [0, 0.1) is 0 Å². The van der Waals surface area contributed by atoms with Crippen LogP contribution in [0.3, 0.4) is 0 Å². The molecule has 0 bridgehead atoms. The fourth-order valence-electron chi connectivity index (χ4n) is 2.44. The van der Waals surface area contributed by atoms with Gasteiger partial charge in [-0.2, -0.15) is 0 Å². The summed E-state index contributed by atoms with van der Waals surface area (Å²) < 4.78 is 8.88. The summed E-state index contributed by atoms with van der Waals surface area (Å²) in [6.07, 6.45) is 15.5. The smallest absolute Gasteiger partial charge is 0.306 e. The molecule has 0 aromatic heterocycles. The number of phosphoric acid groups is 1. The second-order valence-electron chi connectivity index (χ2n) is 6.18. The number of hydrogen-bond acceptors (Lipinski definition) is 2. The van der Waals surface area contributed by atoms with Crippen LogP contribution in [0.25, 0.3) is 0 Å². The highest BCUT2D eigenvalue weighted by Gasteiger charge is 2.09. The van der Waals surface area contributed by atoms with E-state index in [1.54, 1.807) is 0 Å². The summed E-state index contributed by atoms with van der Waals surface area (Å²) >= 11 is 0. The van der Waals surface area contributed by atoms with E-state index < -0.39 is 7.82 Å². The molecule has 0 aliphatic carbocycles. The van der Waals surface area contributed by atoms with Crippen molar-refractivity contribution in [2.45, 2.75) is 90.5 Å². The first kappa shape index (κ1) is 24.3. The maximum atomic E-state index is 8.88. The molecule has 5 nitrogen and oxygen atoms in total. The Balaban J connectivity index is 0. The first-order valence-electron chi connectivity index (χ1n) is 8.67. The van der Waals surface area contributed by atoms with Crippen LogP contribution in [0.5, 0.6) is 0 Å². The Morgan fingerprint density at radius 1 is 0.773 bits per heavy atom. The third-order valence-electron chi connectivity index (χ3n) is 3.76. The number of hydrogen-bond donors (Lipinski definition) is 3. The summed E-state index contributed by atoms with van der Waals surface area (Å²) in [7, 11) is -0.164. The first-order valence-corrected chi connectivity index (χ1v) is 10.2. The van der Waals surface area contributed by atoms with Crippen molar-refractivity contribution in [3.63, 3.8) is 0 Å². The van der Waals surface area contributed by atoms with Gasteiger partial charge < -0.3 is 19.6 Å². The summed E-state index contributed by atoms with van der Waals surface area (Å²) in [4.78, 5) is 24.0. The van der Waals surface area contributed by atoms with Crippen molar-refractivity contribution in [2.75, 3.05) is 14.1 Å². The van der Waals surface area contributed by atoms with Gasteiger partial charge in [-0.1, -0.05) is 71.6 Å². The van der Waals surface area contributed by atoms with Gasteiger partial charge in [0.2, 0.25) is 0 Å². The van der Waals surface area contributed by atoms with Crippen LogP contribution in [-0.2, 0) is 4.57 Å². The minimum atomic E-state index is -4.64. The molecule has 3 N–H and O–H groups in total. The second kappa shape index (κ2) is 15.9. The van der Waals surface area contributed by atoms with Gasteiger partial charge in [-0.05, 0) is 26.9 Å². The lowest BCUT2D eigenvalue weighted by molar-refractivity contribution is 0.253. The number of unbranched alkanes of at least 4 members (excludes halogenated alkanes) is 7. The summed E-state index contributed by atoms with van der Waals surface area (Å²) in [5.74, 6) is 0. The van der Waals surface area contributed by atoms with Gasteiger partial charge in [-0.15, -0.1) is 0 Å². The summed E-state index contributed by atoms with van der Waals surface area (Å²) in [5, 5.41) is 0. The van der Waals surface area contributed by atoms with Crippen molar-refractivity contribution in [1.82, 2.24) is 4.90 Å². The largest absolute Gasteiger partial charge is 0.466 e. The highest BCUT2D eigenvalue weighted by molar-refractivity contribution is 7.45. The van der Waals surface area contributed by atoms with Gasteiger partial charge in [0.05, 0.1) is 0 Å². The topological polar surface area (TPSA) is 81.0 Å². The molecule has 6 heteroatoms. The van der Waals surface area contributed by atoms with Gasteiger partial charge in [0.1, 0.15) is 0 Å². The monoisotopic (exact) mass is 339 g/mol. The van der Waals surface area contributed by atoms with Gasteiger partial charge in [0.25, 0.3) is 0 Å². The van der Waals surface area contributed by atoms with E-state index in [4.69, 9.17) is 19.2 Å². The van der Waals surface area contributed by atoms with E-state index in [-0.39, 0.29) is 0 Å². The fourth-order valence-corrected chi connectivity index (χ4v) is 2.44. The van der Waals surface area contributed by atoms with Crippen LogP contribution >= 0.6 is 7.82 Å². The van der Waals surface area contributed by atoms with Gasteiger partial charge in [0.15, 0.2) is 0 Å². The maximum absolute atomic E-state index is 8.88. The van der Waals surface area contributed by atoms with Crippen molar-refractivity contribution >= 4 is 7.82 Å². The van der Waals surface area contributed by atoms with Crippen LogP contribution in [0.15, 0.2) is 0 Å². The molecular weight excluding hydrogens is 301 g/mol. The zero-order chi connectivity index (χ0) is 17.4. The zero-order valence-corrected chi connectivity index (χ0v) is 15.9. The molecule has 0 rings (SSSR count). The van der Waals surface area contributed by atoms with Crippen LogP contribution in [0.4, 0.5) is 0 Å². The third-order valence-corrected chi connectivity index (χ3v) is 3.76. The predicted molar refractivity (Wildman–Crippen MR) is 93.9 cm³/mol. The van der Waals surface area contributed by atoms with E-state index in [1.165, 1.54) is 70.6 Å². The fraction of sp³-hybridized carbons (Fsp3) is 1.00. The lowest BCUT2D eigenvalue weighted by atomic mass is 10.0. The normalized spacial score (nSPS) is 12.9. The molecule has 0 saturated heterocycles. The summed E-state index contributed by atoms with van der Waals surface area (Å²) in [6.45, 7) is 4.58. The Morgan fingerprint density at radius 3 is 1.55 bits per heavy atom. The van der Waals surface area contributed by atoms with Crippen molar-refractivity contribution < 1.29 is 19.2 Å². The zero-order valence-electron chi connectivity index (χ0n) is 15.0. The lowest BCUT2D eigenvalue weighted by Gasteiger charge is -2.24. The molecule has 0 radical (unpaired) electrons. The Hall–Kier alpha value is 0.0700. The molecule has 0 amide bonds. The molecule has 0 spiro atoms. The van der Waals surface area contributed by atoms with Gasteiger partial charge in [-0.3, -0.25) is 0 Å². The van der Waals surface area contributed by atoms with E-state index in [1.807, 2.05) is 0 Å². The minimum absolute atomic E-state index is 0.825. The van der Waals surface area contributed by atoms with Crippen molar-refractivity contribution in [1.29, 1.82) is 0 Å². The second-order valence-corrected chi connectivity index (χ2v) is 7.21. The maximum Gasteiger partial charge on any atom is 0.466 e. The van der Waals surface area contributed by atoms with Crippen molar-refractivity contribution in [3.05, 3.63) is 0 Å². The molecule has 0 aliphatic heterocycles. The molecule has 1 unspecified atom stereocenters. The average molecular weight is 339 g/mol. The molecule has 1 atom stereocenters. The standard InChI is InChI=1S/C16H35N.H3O4P/c1-5-7-9-10-11-12-13-15-16(17(3)4)14-8-6-2;1-5(2,3)4/h16H,5-15H2,1-4H3;(H3,1,2,3,4). The highest BCUT2D eigenvalue weighted by Crippen LogP contribution is 2.25. The van der Waals surface area contributed by atoms with Crippen molar-refractivity contribution in [2.24, 2.45) is 0 Å². The molecule has 0 aromatic rings. The molecule has 0 aromatic carbocycles. The summed E-state index contributed by atoms with van der Waals surface area (Å²) in [6, 6.07) is 0.825. The molecule has 0 heterocycles. The Morgan fingerprint density at radius 2 is 1.14 bits per heavy atom. The number of rotatable bonds is 12. The Labute approximate surface area is 137 Å². The van der Waals surface area contributed by atoms with Gasteiger partial charge in [0, 0.05) is 6.04 Å². The highest BCUT2D eigenvalue weighted by atomic mass is 31.2. The quantitative estimate of drug-likeness (QED) is 0.364. The Bertz CT molecular complexity index is 261. The number of nitrogens with zero attached hydrogens (tertiary/aromatic N) is 1. The van der Waals surface area contributed by atoms with E-state index in [0.717, 1.165) is 6.04 Å². The predicted octanol–water partition coefficient (Wildman–Crippen LogP) is 4.32. The van der Waals surface area contributed by atoms with Crippen LogP contribution in [0.1, 0.15) is 84.5 Å². The van der Waals surface area contributed by atoms with E-state index in [0.29, 0.717) is 0 Å². The SMILES string of the molecule is CCCCCCCCCC(CCCC)N(C)C.O=P(O)(O)O. The molecule has 0 fully saturated rings. The van der Waals surface area contributed by atoms with Crippen LogP contribution in [0.2, 0.25) is 0 Å². The average Bonchev–Trinajstić information content (AvgIpc) is 2.38. The minimum Gasteiger partial charge on any atom is -0.306 e.